The molecule has 0 aliphatic carbocycles. The number of furan rings is 1. The molecule has 160 valence electrons. The lowest BCUT2D eigenvalue weighted by Gasteiger charge is -2.40. The van der Waals surface area contributed by atoms with Gasteiger partial charge >= 0.3 is 6.18 Å². The number of ether oxygens (including phenoxy) is 1. The van der Waals surface area contributed by atoms with Gasteiger partial charge in [0, 0.05) is 38.5 Å². The SMILES string of the molecule is COC(C)(c1ccc(N2CCN(S(=O)(=O)c3ccco3)CC2C)cc1)C(F)(F)F. The predicted octanol–water partition coefficient (Wildman–Crippen LogP) is 3.60. The number of hydrogen-bond donors (Lipinski definition) is 0. The van der Waals surface area contributed by atoms with E-state index in [9.17, 15) is 21.6 Å². The van der Waals surface area contributed by atoms with E-state index in [1.807, 2.05) is 11.8 Å². The first-order chi connectivity index (χ1) is 13.5. The molecule has 3 rings (SSSR count). The fourth-order valence-electron chi connectivity index (χ4n) is 3.43. The Morgan fingerprint density at radius 1 is 1.14 bits per heavy atom. The highest BCUT2D eigenvalue weighted by atomic mass is 32.2. The lowest BCUT2D eigenvalue weighted by molar-refractivity contribution is -0.269. The molecule has 0 spiro atoms. The van der Waals surface area contributed by atoms with Gasteiger partial charge in [-0.25, -0.2) is 8.42 Å². The number of methoxy groups -OCH3 is 1. The van der Waals surface area contributed by atoms with Crippen LogP contribution < -0.4 is 4.90 Å². The van der Waals surface area contributed by atoms with E-state index in [2.05, 4.69) is 0 Å². The van der Waals surface area contributed by atoms with Gasteiger partial charge in [0.15, 0.2) is 5.60 Å². The topological polar surface area (TPSA) is 63.0 Å². The van der Waals surface area contributed by atoms with Crippen LogP contribution in [0.5, 0.6) is 0 Å². The van der Waals surface area contributed by atoms with Gasteiger partial charge < -0.3 is 14.1 Å². The lowest BCUT2D eigenvalue weighted by atomic mass is 9.94. The van der Waals surface area contributed by atoms with Crippen LogP contribution >= 0.6 is 0 Å². The molecule has 0 radical (unpaired) electrons. The molecule has 1 fully saturated rings. The Bertz CT molecular complexity index is 929. The Balaban J connectivity index is 1.76. The first kappa shape index (κ1) is 21.7. The predicted molar refractivity (Wildman–Crippen MR) is 101 cm³/mol. The lowest BCUT2D eigenvalue weighted by Crippen LogP contribution is -2.53. The molecule has 1 aromatic carbocycles. The Morgan fingerprint density at radius 3 is 2.28 bits per heavy atom. The first-order valence-electron chi connectivity index (χ1n) is 9.03. The fraction of sp³-hybridized carbons (Fsp3) is 0.474. The monoisotopic (exact) mass is 432 g/mol. The molecule has 1 aromatic heterocycles. The molecule has 1 aliphatic rings. The van der Waals surface area contributed by atoms with Gasteiger partial charge in [0.1, 0.15) is 0 Å². The van der Waals surface area contributed by atoms with Gasteiger partial charge in [-0.1, -0.05) is 12.1 Å². The van der Waals surface area contributed by atoms with Crippen LogP contribution in [0.25, 0.3) is 0 Å². The molecule has 29 heavy (non-hydrogen) atoms. The minimum Gasteiger partial charge on any atom is -0.452 e. The average molecular weight is 432 g/mol. The number of hydrogen-bond acceptors (Lipinski definition) is 5. The van der Waals surface area contributed by atoms with Crippen molar-refractivity contribution in [1.29, 1.82) is 0 Å². The smallest absolute Gasteiger partial charge is 0.421 e. The summed E-state index contributed by atoms with van der Waals surface area (Å²) in [6.07, 6.45) is -3.24. The summed E-state index contributed by atoms with van der Waals surface area (Å²) in [5.74, 6) is 0. The molecule has 6 nitrogen and oxygen atoms in total. The number of halogens is 3. The summed E-state index contributed by atoms with van der Waals surface area (Å²) < 4.78 is 76.5. The van der Waals surface area contributed by atoms with Crippen LogP contribution in [0.3, 0.4) is 0 Å². The highest BCUT2D eigenvalue weighted by molar-refractivity contribution is 7.89. The van der Waals surface area contributed by atoms with Gasteiger partial charge in [0.05, 0.1) is 6.26 Å². The molecular weight excluding hydrogens is 409 g/mol. The normalized spacial score (nSPS) is 21.2. The van der Waals surface area contributed by atoms with Crippen LogP contribution in [0, 0.1) is 0 Å². The number of piperazine rings is 1. The minimum atomic E-state index is -4.55. The van der Waals surface area contributed by atoms with Crippen molar-refractivity contribution in [3.63, 3.8) is 0 Å². The molecule has 0 amide bonds. The zero-order chi connectivity index (χ0) is 21.4. The summed E-state index contributed by atoms with van der Waals surface area (Å²) in [5, 5.41) is -0.103. The molecule has 1 aliphatic heterocycles. The maximum absolute atomic E-state index is 13.4. The molecule has 0 N–H and O–H groups in total. The quantitative estimate of drug-likeness (QED) is 0.723. The van der Waals surface area contributed by atoms with Crippen LogP contribution in [0.4, 0.5) is 18.9 Å². The third kappa shape index (κ3) is 3.88. The molecule has 0 saturated carbocycles. The Labute approximate surface area is 167 Å². The Kier molecular flexibility index (Phi) is 5.72. The molecule has 2 atom stereocenters. The van der Waals surface area contributed by atoms with E-state index in [4.69, 9.17) is 9.15 Å². The van der Waals surface area contributed by atoms with Crippen molar-refractivity contribution in [2.45, 2.75) is 36.8 Å². The van der Waals surface area contributed by atoms with Gasteiger partial charge in [0.2, 0.25) is 5.09 Å². The second-order valence-corrected chi connectivity index (χ2v) is 8.99. The molecule has 10 heteroatoms. The van der Waals surface area contributed by atoms with Crippen molar-refractivity contribution in [3.8, 4) is 0 Å². The zero-order valence-corrected chi connectivity index (χ0v) is 17.1. The van der Waals surface area contributed by atoms with E-state index in [0.29, 0.717) is 6.54 Å². The average Bonchev–Trinajstić information content (AvgIpc) is 3.22. The van der Waals surface area contributed by atoms with Crippen molar-refractivity contribution < 1.29 is 30.7 Å². The molecule has 2 aromatic rings. The van der Waals surface area contributed by atoms with Crippen molar-refractivity contribution in [3.05, 3.63) is 48.2 Å². The number of sulfonamides is 1. The summed E-state index contributed by atoms with van der Waals surface area (Å²) >= 11 is 0. The first-order valence-corrected chi connectivity index (χ1v) is 10.5. The highest BCUT2D eigenvalue weighted by Crippen LogP contribution is 2.42. The summed E-state index contributed by atoms with van der Waals surface area (Å²) in [7, 11) is -2.67. The summed E-state index contributed by atoms with van der Waals surface area (Å²) in [6.45, 7) is 3.74. The Morgan fingerprint density at radius 2 is 1.79 bits per heavy atom. The van der Waals surface area contributed by atoms with Gasteiger partial charge in [-0.05, 0) is 43.7 Å². The number of nitrogens with zero attached hydrogens (tertiary/aromatic N) is 2. The highest BCUT2D eigenvalue weighted by Gasteiger charge is 2.53. The van der Waals surface area contributed by atoms with Gasteiger partial charge in [-0.2, -0.15) is 17.5 Å². The van der Waals surface area contributed by atoms with E-state index >= 15 is 0 Å². The maximum Gasteiger partial charge on any atom is 0.421 e. The fourth-order valence-corrected chi connectivity index (χ4v) is 4.85. The van der Waals surface area contributed by atoms with Gasteiger partial charge in [0.25, 0.3) is 10.0 Å². The number of benzene rings is 1. The van der Waals surface area contributed by atoms with Gasteiger partial charge in [-0.15, -0.1) is 0 Å². The molecule has 1 saturated heterocycles. The van der Waals surface area contributed by atoms with Gasteiger partial charge in [-0.3, -0.25) is 0 Å². The molecular formula is C19H23F3N2O4S. The van der Waals surface area contributed by atoms with E-state index in [1.165, 1.54) is 34.8 Å². The largest absolute Gasteiger partial charge is 0.452 e. The zero-order valence-electron chi connectivity index (χ0n) is 16.3. The summed E-state index contributed by atoms with van der Waals surface area (Å²) in [5.41, 5.74) is -1.67. The van der Waals surface area contributed by atoms with Crippen molar-refractivity contribution in [2.75, 3.05) is 31.6 Å². The minimum absolute atomic E-state index is 0.00272. The Hall–Kier alpha value is -2.04. The molecule has 0 bridgehead atoms. The molecule has 2 unspecified atom stereocenters. The van der Waals surface area contributed by atoms with Crippen LogP contribution in [0.1, 0.15) is 19.4 Å². The molecule has 2 heterocycles. The number of rotatable bonds is 5. The summed E-state index contributed by atoms with van der Waals surface area (Å²) in [4.78, 5) is 1.97. The van der Waals surface area contributed by atoms with E-state index < -0.39 is 21.8 Å². The third-order valence-electron chi connectivity index (χ3n) is 5.38. The standard InChI is InChI=1S/C19H23F3N2O4S/c1-14-13-23(29(25,26)17-5-4-12-28-17)10-11-24(14)16-8-6-15(7-9-16)18(2,27-3)19(20,21)22/h4-9,12,14H,10-11,13H2,1-3H3. The second-order valence-electron chi connectivity index (χ2n) is 7.12. The van der Waals surface area contributed by atoms with Crippen molar-refractivity contribution in [2.24, 2.45) is 0 Å². The van der Waals surface area contributed by atoms with Crippen LogP contribution in [0.15, 0.2) is 52.2 Å². The number of anilines is 1. The van der Waals surface area contributed by atoms with Crippen LogP contribution in [-0.2, 0) is 20.4 Å². The third-order valence-corrected chi connectivity index (χ3v) is 7.13. The maximum atomic E-state index is 13.4. The van der Waals surface area contributed by atoms with E-state index in [0.717, 1.165) is 19.7 Å². The summed E-state index contributed by atoms with van der Waals surface area (Å²) in [6, 6.07) is 8.74. The number of alkyl halides is 3. The van der Waals surface area contributed by atoms with Crippen LogP contribution in [0.2, 0.25) is 0 Å². The van der Waals surface area contributed by atoms with E-state index in [-0.39, 0.29) is 29.8 Å². The van der Waals surface area contributed by atoms with Crippen molar-refractivity contribution in [1.82, 2.24) is 4.31 Å². The second kappa shape index (κ2) is 7.66. The van der Waals surface area contributed by atoms with E-state index in [1.54, 1.807) is 12.1 Å². The van der Waals surface area contributed by atoms with Crippen LogP contribution in [-0.4, -0.2) is 51.7 Å². The van der Waals surface area contributed by atoms with Crippen molar-refractivity contribution >= 4 is 15.7 Å².